The molecule has 1 unspecified atom stereocenters. The Morgan fingerprint density at radius 2 is 1.86 bits per heavy atom. The van der Waals surface area contributed by atoms with Gasteiger partial charge in [0, 0.05) is 33.3 Å². The minimum atomic E-state index is 0.479. The van der Waals surface area contributed by atoms with Crippen molar-refractivity contribution in [3.63, 3.8) is 0 Å². The fourth-order valence-electron chi connectivity index (χ4n) is 3.70. The quantitative estimate of drug-likeness (QED) is 0.493. The molecule has 0 aromatic heterocycles. The van der Waals surface area contributed by atoms with E-state index >= 15 is 0 Å². The van der Waals surface area contributed by atoms with Crippen LogP contribution in [0.5, 0.6) is 0 Å². The van der Waals surface area contributed by atoms with Gasteiger partial charge in [-0.15, -0.1) is 0 Å². The molecule has 0 heterocycles. The van der Waals surface area contributed by atoms with Crippen molar-refractivity contribution in [2.24, 2.45) is 11.3 Å². The lowest BCUT2D eigenvalue weighted by atomic mass is 9.79. The highest BCUT2D eigenvalue weighted by Crippen LogP contribution is 2.35. The molecule has 0 amide bonds. The number of ether oxygens (including phenoxy) is 1. The summed E-state index contributed by atoms with van der Waals surface area (Å²) in [4.78, 5) is 2.58. The van der Waals surface area contributed by atoms with Gasteiger partial charge in [0.2, 0.25) is 0 Å². The van der Waals surface area contributed by atoms with Gasteiger partial charge >= 0.3 is 0 Å². The smallest absolute Gasteiger partial charge is 0.0587 e. The third-order valence-corrected chi connectivity index (χ3v) is 5.07. The second-order valence-electron chi connectivity index (χ2n) is 7.29. The summed E-state index contributed by atoms with van der Waals surface area (Å²) in [6, 6.07) is 0. The van der Waals surface area contributed by atoms with Crippen LogP contribution < -0.4 is 5.32 Å². The third-order valence-electron chi connectivity index (χ3n) is 5.07. The molecule has 0 radical (unpaired) electrons. The molecule has 0 aromatic carbocycles. The van der Waals surface area contributed by atoms with Crippen LogP contribution in [0.2, 0.25) is 0 Å². The average Bonchev–Trinajstić information content (AvgIpc) is 2.69. The SMILES string of the molecule is CCC(C)CN(C)CC1(CNCCOC)CCCCCC1. The molecule has 1 aliphatic carbocycles. The number of nitrogens with one attached hydrogen (secondary N) is 1. The highest BCUT2D eigenvalue weighted by atomic mass is 16.5. The van der Waals surface area contributed by atoms with E-state index in [0.717, 1.165) is 25.6 Å². The molecule has 1 atom stereocenters. The lowest BCUT2D eigenvalue weighted by Gasteiger charge is -2.38. The number of rotatable bonds is 10. The summed E-state index contributed by atoms with van der Waals surface area (Å²) in [7, 11) is 4.09. The van der Waals surface area contributed by atoms with Crippen molar-refractivity contribution in [3.05, 3.63) is 0 Å². The number of nitrogens with zero attached hydrogens (tertiary/aromatic N) is 1. The lowest BCUT2D eigenvalue weighted by molar-refractivity contribution is 0.129. The van der Waals surface area contributed by atoms with Gasteiger partial charge in [-0.1, -0.05) is 46.0 Å². The molecule has 0 spiro atoms. The monoisotopic (exact) mass is 298 g/mol. The van der Waals surface area contributed by atoms with Crippen LogP contribution in [0.15, 0.2) is 0 Å². The van der Waals surface area contributed by atoms with E-state index in [1.165, 1.54) is 58.0 Å². The van der Waals surface area contributed by atoms with E-state index in [2.05, 4.69) is 31.1 Å². The zero-order valence-corrected chi connectivity index (χ0v) is 14.9. The number of methoxy groups -OCH3 is 1. The summed E-state index contributed by atoms with van der Waals surface area (Å²) >= 11 is 0. The van der Waals surface area contributed by atoms with Crippen molar-refractivity contribution in [2.75, 3.05) is 46.9 Å². The Bertz CT molecular complexity index is 250. The van der Waals surface area contributed by atoms with Gasteiger partial charge in [-0.3, -0.25) is 0 Å². The minimum absolute atomic E-state index is 0.479. The molecule has 3 nitrogen and oxygen atoms in total. The second-order valence-corrected chi connectivity index (χ2v) is 7.29. The van der Waals surface area contributed by atoms with Gasteiger partial charge in [0.25, 0.3) is 0 Å². The zero-order chi connectivity index (χ0) is 15.6. The molecule has 0 aromatic rings. The van der Waals surface area contributed by atoms with Crippen LogP contribution in [0, 0.1) is 11.3 Å². The lowest BCUT2D eigenvalue weighted by Crippen LogP contribution is -2.44. The van der Waals surface area contributed by atoms with E-state index in [9.17, 15) is 0 Å². The van der Waals surface area contributed by atoms with Gasteiger partial charge < -0.3 is 15.0 Å². The van der Waals surface area contributed by atoms with Gasteiger partial charge in [0.05, 0.1) is 6.61 Å². The maximum atomic E-state index is 5.16. The van der Waals surface area contributed by atoms with Gasteiger partial charge in [0.1, 0.15) is 0 Å². The fourth-order valence-corrected chi connectivity index (χ4v) is 3.70. The summed E-state index contributed by atoms with van der Waals surface area (Å²) in [5.41, 5.74) is 0.479. The van der Waals surface area contributed by atoms with Crippen molar-refractivity contribution < 1.29 is 4.74 Å². The first-order valence-electron chi connectivity index (χ1n) is 9.00. The summed E-state index contributed by atoms with van der Waals surface area (Å²) < 4.78 is 5.16. The van der Waals surface area contributed by atoms with Crippen LogP contribution in [-0.2, 0) is 4.74 Å². The molecule has 0 aliphatic heterocycles. The number of hydrogen-bond donors (Lipinski definition) is 1. The normalized spacial score (nSPS) is 20.4. The van der Waals surface area contributed by atoms with Gasteiger partial charge in [0.15, 0.2) is 0 Å². The minimum Gasteiger partial charge on any atom is -0.383 e. The first-order valence-corrected chi connectivity index (χ1v) is 9.00. The molecule has 1 fully saturated rings. The number of hydrogen-bond acceptors (Lipinski definition) is 3. The molecule has 0 bridgehead atoms. The van der Waals surface area contributed by atoms with Crippen LogP contribution in [0.4, 0.5) is 0 Å². The Hall–Kier alpha value is -0.120. The first-order chi connectivity index (χ1) is 10.1. The van der Waals surface area contributed by atoms with Gasteiger partial charge in [-0.05, 0) is 31.2 Å². The zero-order valence-electron chi connectivity index (χ0n) is 14.9. The maximum absolute atomic E-state index is 5.16. The summed E-state index contributed by atoms with van der Waals surface area (Å²) in [5.74, 6) is 0.805. The topological polar surface area (TPSA) is 24.5 Å². The van der Waals surface area contributed by atoms with E-state index in [1.807, 2.05) is 0 Å². The molecule has 1 aliphatic rings. The highest BCUT2D eigenvalue weighted by Gasteiger charge is 2.31. The molecular weight excluding hydrogens is 260 g/mol. The van der Waals surface area contributed by atoms with Crippen molar-refractivity contribution >= 4 is 0 Å². The highest BCUT2D eigenvalue weighted by molar-refractivity contribution is 4.86. The molecule has 21 heavy (non-hydrogen) atoms. The second kappa shape index (κ2) is 10.6. The molecule has 1 N–H and O–H groups in total. The van der Waals surface area contributed by atoms with Crippen molar-refractivity contribution in [2.45, 2.75) is 58.8 Å². The van der Waals surface area contributed by atoms with Crippen molar-refractivity contribution in [1.29, 1.82) is 0 Å². The van der Waals surface area contributed by atoms with Gasteiger partial charge in [-0.2, -0.15) is 0 Å². The molecule has 1 saturated carbocycles. The Balaban J connectivity index is 2.53. The molecule has 3 heteroatoms. The van der Waals surface area contributed by atoms with E-state index in [0.29, 0.717) is 5.41 Å². The van der Waals surface area contributed by atoms with E-state index < -0.39 is 0 Å². The van der Waals surface area contributed by atoms with Crippen LogP contribution in [0.3, 0.4) is 0 Å². The summed E-state index contributed by atoms with van der Waals surface area (Å²) in [6.45, 7) is 10.1. The molecule has 0 saturated heterocycles. The van der Waals surface area contributed by atoms with Crippen molar-refractivity contribution in [3.8, 4) is 0 Å². The van der Waals surface area contributed by atoms with Crippen LogP contribution in [0.1, 0.15) is 58.8 Å². The van der Waals surface area contributed by atoms with Gasteiger partial charge in [-0.25, -0.2) is 0 Å². The summed E-state index contributed by atoms with van der Waals surface area (Å²) in [6.07, 6.45) is 9.72. The largest absolute Gasteiger partial charge is 0.383 e. The van der Waals surface area contributed by atoms with E-state index in [4.69, 9.17) is 4.74 Å². The third kappa shape index (κ3) is 7.62. The average molecular weight is 299 g/mol. The van der Waals surface area contributed by atoms with E-state index in [1.54, 1.807) is 7.11 Å². The van der Waals surface area contributed by atoms with Crippen LogP contribution in [-0.4, -0.2) is 51.8 Å². The molecule has 1 rings (SSSR count). The van der Waals surface area contributed by atoms with Crippen LogP contribution >= 0.6 is 0 Å². The molecule has 126 valence electrons. The maximum Gasteiger partial charge on any atom is 0.0587 e. The summed E-state index contributed by atoms with van der Waals surface area (Å²) in [5, 5.41) is 3.65. The van der Waals surface area contributed by atoms with Crippen LogP contribution in [0.25, 0.3) is 0 Å². The first kappa shape index (κ1) is 18.9. The standard InChI is InChI=1S/C18H38N2O/c1-5-17(2)14-20(3)16-18(15-19-12-13-21-4)10-8-6-7-9-11-18/h17,19H,5-16H2,1-4H3. The predicted octanol–water partition coefficient (Wildman–Crippen LogP) is 3.54. The Morgan fingerprint density at radius 1 is 1.19 bits per heavy atom. The Labute approximate surface area is 132 Å². The Kier molecular flexibility index (Phi) is 9.54. The van der Waals surface area contributed by atoms with E-state index in [-0.39, 0.29) is 0 Å². The predicted molar refractivity (Wildman–Crippen MR) is 91.8 cm³/mol. The molecular formula is C18H38N2O. The fraction of sp³-hybridized carbons (Fsp3) is 1.00. The Morgan fingerprint density at radius 3 is 2.43 bits per heavy atom. The van der Waals surface area contributed by atoms with Crippen molar-refractivity contribution in [1.82, 2.24) is 10.2 Å².